The monoisotopic (exact) mass is 429 g/mol. The highest BCUT2D eigenvalue weighted by atomic mass is 16.4. The van der Waals surface area contributed by atoms with E-state index in [0.29, 0.717) is 19.6 Å². The second-order valence-corrected chi connectivity index (χ2v) is 6.64. The van der Waals surface area contributed by atoms with E-state index < -0.39 is 11.9 Å². The van der Waals surface area contributed by atoms with Crippen molar-refractivity contribution in [3.63, 3.8) is 0 Å². The Hall–Kier alpha value is -3.91. The van der Waals surface area contributed by atoms with E-state index in [2.05, 4.69) is 11.4 Å². The number of benzene rings is 1. The summed E-state index contributed by atoms with van der Waals surface area (Å²) < 4.78 is 3.20. The van der Waals surface area contributed by atoms with Crippen molar-refractivity contribution in [3.8, 4) is 11.8 Å². The second kappa shape index (κ2) is 11.3. The fraction of sp³-hybridized carbons (Fsp3) is 0.350. The molecule has 0 bridgehead atoms. The van der Waals surface area contributed by atoms with Gasteiger partial charge in [-0.1, -0.05) is 18.2 Å². The summed E-state index contributed by atoms with van der Waals surface area (Å²) >= 11 is 0. The number of carbonyl (C=O) groups excluding carboxylic acids is 1. The van der Waals surface area contributed by atoms with E-state index in [9.17, 15) is 9.59 Å². The van der Waals surface area contributed by atoms with E-state index in [1.165, 1.54) is 0 Å². The quantitative estimate of drug-likeness (QED) is 0.424. The van der Waals surface area contributed by atoms with Gasteiger partial charge in [0.15, 0.2) is 0 Å². The summed E-state index contributed by atoms with van der Waals surface area (Å²) in [5.74, 6) is -3.71. The molecule has 3 rings (SSSR count). The predicted octanol–water partition coefficient (Wildman–Crippen LogP) is -0.101. The average molecular weight is 429 g/mol. The third kappa shape index (κ3) is 6.55. The van der Waals surface area contributed by atoms with Crippen LogP contribution in [0.25, 0.3) is 5.69 Å². The fourth-order valence-corrected chi connectivity index (χ4v) is 3.06. The van der Waals surface area contributed by atoms with Gasteiger partial charge in [0.2, 0.25) is 5.91 Å². The summed E-state index contributed by atoms with van der Waals surface area (Å²) in [6.07, 6.45) is 5.12. The molecule has 1 atom stereocenters. The molecular weight excluding hydrogens is 406 g/mol. The lowest BCUT2D eigenvalue weighted by molar-refractivity contribution is -0.159. The molecule has 11 nitrogen and oxygen atoms in total. The van der Waals surface area contributed by atoms with Crippen molar-refractivity contribution in [1.29, 1.82) is 5.26 Å². The number of carbonyl (C=O) groups is 3. The van der Waals surface area contributed by atoms with Gasteiger partial charge in [0.25, 0.3) is 0 Å². The Morgan fingerprint density at radius 2 is 1.81 bits per heavy atom. The molecule has 1 saturated heterocycles. The number of imidazole rings is 1. The van der Waals surface area contributed by atoms with Crippen LogP contribution in [0.5, 0.6) is 0 Å². The molecule has 1 aliphatic heterocycles. The van der Waals surface area contributed by atoms with Crippen LogP contribution in [0, 0.1) is 11.3 Å². The Labute approximate surface area is 177 Å². The van der Waals surface area contributed by atoms with E-state index in [1.54, 1.807) is 26.4 Å². The maximum absolute atomic E-state index is 12.4. The molecule has 1 aromatic heterocycles. The smallest absolute Gasteiger partial charge is 0.414 e. The number of amides is 1. The Balaban J connectivity index is 0.000000501. The maximum Gasteiger partial charge on any atom is 0.414 e. The van der Waals surface area contributed by atoms with Gasteiger partial charge in [0.05, 0.1) is 18.3 Å². The number of likely N-dealkylation sites (tertiary alicyclic amines) is 1. The van der Waals surface area contributed by atoms with Crippen molar-refractivity contribution in [2.75, 3.05) is 19.6 Å². The number of nitrogens with zero attached hydrogens (tertiary/aromatic N) is 4. The Bertz CT molecular complexity index is 995. The first kappa shape index (κ1) is 23.4. The second-order valence-electron chi connectivity index (χ2n) is 6.64. The first-order valence-electron chi connectivity index (χ1n) is 9.54. The highest BCUT2D eigenvalue weighted by Crippen LogP contribution is 2.15. The molecule has 164 valence electrons. The Morgan fingerprint density at radius 1 is 1.13 bits per heavy atom. The van der Waals surface area contributed by atoms with E-state index in [4.69, 9.17) is 25.1 Å². The molecule has 0 spiro atoms. The van der Waals surface area contributed by atoms with Crippen molar-refractivity contribution in [1.82, 2.24) is 19.4 Å². The van der Waals surface area contributed by atoms with Crippen LogP contribution in [0.2, 0.25) is 0 Å². The van der Waals surface area contributed by atoms with Gasteiger partial charge in [-0.2, -0.15) is 5.26 Å². The normalized spacial score (nSPS) is 14.9. The van der Waals surface area contributed by atoms with Crippen molar-refractivity contribution in [2.45, 2.75) is 25.4 Å². The minimum atomic E-state index is -1.82. The molecule has 2 aromatic rings. The summed E-state index contributed by atoms with van der Waals surface area (Å²) in [6.45, 7) is 1.83. The molecule has 1 aromatic carbocycles. The molecule has 1 unspecified atom stereocenters. The molecular formula is C20H23N5O6. The van der Waals surface area contributed by atoms with Gasteiger partial charge in [0, 0.05) is 32.0 Å². The SMILES string of the molecule is N#CC1CCCN1C(=O)CNCCn1ccn(-c2ccccc2)c1=O.O=C(O)C(=O)O. The van der Waals surface area contributed by atoms with Gasteiger partial charge in [-0.05, 0) is 25.0 Å². The number of aromatic nitrogens is 2. The van der Waals surface area contributed by atoms with Gasteiger partial charge in [-0.25, -0.2) is 14.4 Å². The average Bonchev–Trinajstić information content (AvgIpc) is 3.39. The first-order valence-corrected chi connectivity index (χ1v) is 9.54. The van der Waals surface area contributed by atoms with E-state index in [-0.39, 0.29) is 24.2 Å². The minimum absolute atomic E-state index is 0.0572. The highest BCUT2D eigenvalue weighted by Gasteiger charge is 2.27. The van der Waals surface area contributed by atoms with Crippen LogP contribution < -0.4 is 11.0 Å². The summed E-state index contributed by atoms with van der Waals surface area (Å²) in [4.78, 5) is 44.3. The lowest BCUT2D eigenvalue weighted by atomic mass is 10.2. The zero-order chi connectivity index (χ0) is 22.8. The number of rotatable bonds is 6. The molecule has 31 heavy (non-hydrogen) atoms. The summed E-state index contributed by atoms with van der Waals surface area (Å²) in [5, 5.41) is 26.9. The van der Waals surface area contributed by atoms with Crippen molar-refractivity contribution in [3.05, 3.63) is 53.2 Å². The number of hydrogen-bond donors (Lipinski definition) is 3. The van der Waals surface area contributed by atoms with Crippen molar-refractivity contribution < 1.29 is 24.6 Å². The highest BCUT2D eigenvalue weighted by molar-refractivity contribution is 6.27. The Morgan fingerprint density at radius 3 is 2.42 bits per heavy atom. The molecule has 11 heteroatoms. The van der Waals surface area contributed by atoms with Crippen molar-refractivity contribution >= 4 is 17.8 Å². The van der Waals surface area contributed by atoms with Crippen LogP contribution in [-0.2, 0) is 20.9 Å². The molecule has 1 fully saturated rings. The molecule has 0 aliphatic carbocycles. The zero-order valence-electron chi connectivity index (χ0n) is 16.7. The van der Waals surface area contributed by atoms with Crippen LogP contribution >= 0.6 is 0 Å². The number of carboxylic acids is 2. The van der Waals surface area contributed by atoms with E-state index >= 15 is 0 Å². The number of para-hydroxylation sites is 1. The van der Waals surface area contributed by atoms with Gasteiger partial charge in [-0.3, -0.25) is 13.9 Å². The first-order chi connectivity index (χ1) is 14.8. The number of hydrogen-bond acceptors (Lipinski definition) is 6. The van der Waals surface area contributed by atoms with Crippen LogP contribution in [-0.4, -0.2) is 67.8 Å². The Kier molecular flexibility index (Phi) is 8.53. The lowest BCUT2D eigenvalue weighted by Crippen LogP contribution is -2.41. The molecule has 1 amide bonds. The molecule has 0 radical (unpaired) electrons. The third-order valence-electron chi connectivity index (χ3n) is 4.59. The van der Waals surface area contributed by atoms with Crippen LogP contribution in [0.4, 0.5) is 0 Å². The minimum Gasteiger partial charge on any atom is -0.473 e. The molecule has 3 N–H and O–H groups in total. The van der Waals surface area contributed by atoms with Gasteiger partial charge >= 0.3 is 17.6 Å². The van der Waals surface area contributed by atoms with Gasteiger partial charge in [0.1, 0.15) is 6.04 Å². The van der Waals surface area contributed by atoms with Crippen molar-refractivity contribution in [2.24, 2.45) is 0 Å². The molecule has 1 aliphatic rings. The summed E-state index contributed by atoms with van der Waals surface area (Å²) in [7, 11) is 0. The summed E-state index contributed by atoms with van der Waals surface area (Å²) in [6, 6.07) is 11.3. The third-order valence-corrected chi connectivity index (χ3v) is 4.59. The maximum atomic E-state index is 12.4. The number of nitriles is 1. The zero-order valence-corrected chi connectivity index (χ0v) is 16.7. The van der Waals surface area contributed by atoms with Gasteiger partial charge < -0.3 is 20.4 Å². The fourth-order valence-electron chi connectivity index (χ4n) is 3.06. The van der Waals surface area contributed by atoms with E-state index in [0.717, 1.165) is 18.5 Å². The predicted molar refractivity (Wildman–Crippen MR) is 109 cm³/mol. The van der Waals surface area contributed by atoms with Crippen LogP contribution in [0.15, 0.2) is 47.5 Å². The largest absolute Gasteiger partial charge is 0.473 e. The number of nitrogens with one attached hydrogen (secondary N) is 1. The summed E-state index contributed by atoms with van der Waals surface area (Å²) in [5.41, 5.74) is 0.717. The lowest BCUT2D eigenvalue weighted by Gasteiger charge is -2.19. The van der Waals surface area contributed by atoms with Gasteiger partial charge in [-0.15, -0.1) is 0 Å². The topological polar surface area (TPSA) is 158 Å². The van der Waals surface area contributed by atoms with Crippen LogP contribution in [0.3, 0.4) is 0 Å². The standard InChI is InChI=1S/C18H21N5O2.C2H2O4/c19-13-16-7-4-9-22(16)17(24)14-20-8-10-21-11-12-23(18(21)25)15-5-2-1-3-6-15;3-1(4)2(5)6/h1-3,5-6,11-12,16,20H,4,7-10,14H2;(H,3,4)(H,5,6). The van der Waals surface area contributed by atoms with Crippen LogP contribution in [0.1, 0.15) is 12.8 Å². The number of carboxylic acid groups (broad SMARTS) is 2. The number of aliphatic carboxylic acids is 2. The van der Waals surface area contributed by atoms with E-state index in [1.807, 2.05) is 30.3 Å². The molecule has 2 heterocycles. The molecule has 0 saturated carbocycles.